The number of rotatable bonds is 3. The fourth-order valence-electron chi connectivity index (χ4n) is 2.42. The number of imidazole rings is 1. The second-order valence-electron chi connectivity index (χ2n) is 5.01. The van der Waals surface area contributed by atoms with E-state index in [2.05, 4.69) is 4.98 Å². The van der Waals surface area contributed by atoms with Crippen molar-refractivity contribution in [2.75, 3.05) is 0 Å². The minimum Gasteiger partial charge on any atom is -0.478 e. The normalized spacial score (nSPS) is 10.9. The zero-order valence-electron chi connectivity index (χ0n) is 11.5. The Kier molecular flexibility index (Phi) is 3.10. The van der Waals surface area contributed by atoms with Crippen molar-refractivity contribution < 1.29 is 9.90 Å². The summed E-state index contributed by atoms with van der Waals surface area (Å²) < 4.78 is 1.46. The highest BCUT2D eigenvalue weighted by molar-refractivity contribution is 6.01. The number of nitrogens with one attached hydrogen (secondary N) is 1. The van der Waals surface area contributed by atoms with E-state index in [0.717, 1.165) is 11.1 Å². The second kappa shape index (κ2) is 4.94. The van der Waals surface area contributed by atoms with Crippen molar-refractivity contribution >= 4 is 17.0 Å². The van der Waals surface area contributed by atoms with Crippen molar-refractivity contribution in [1.82, 2.24) is 9.55 Å². The molecule has 0 aliphatic rings. The average molecular weight is 282 g/mol. The van der Waals surface area contributed by atoms with Crippen molar-refractivity contribution in [2.45, 2.75) is 13.5 Å². The summed E-state index contributed by atoms with van der Waals surface area (Å²) >= 11 is 0. The summed E-state index contributed by atoms with van der Waals surface area (Å²) in [5, 5.41) is 9.29. The Labute approximate surface area is 120 Å². The van der Waals surface area contributed by atoms with Gasteiger partial charge in [0, 0.05) is 0 Å². The molecular formula is C16H14N2O3. The number of nitrogens with zero attached hydrogens (tertiary/aromatic N) is 1. The number of fused-ring (bicyclic) bond motifs is 1. The summed E-state index contributed by atoms with van der Waals surface area (Å²) in [4.78, 5) is 26.1. The number of aromatic amines is 1. The van der Waals surface area contributed by atoms with Gasteiger partial charge in [-0.05, 0) is 24.6 Å². The quantitative estimate of drug-likeness (QED) is 0.774. The Bertz CT molecular complexity index is 873. The molecule has 3 aromatic rings. The lowest BCUT2D eigenvalue weighted by molar-refractivity contribution is 0.0698. The van der Waals surface area contributed by atoms with Crippen LogP contribution in [-0.4, -0.2) is 20.6 Å². The van der Waals surface area contributed by atoms with Crippen molar-refractivity contribution in [3.8, 4) is 0 Å². The van der Waals surface area contributed by atoms with E-state index < -0.39 is 5.97 Å². The number of benzene rings is 2. The summed E-state index contributed by atoms with van der Waals surface area (Å²) in [5.41, 5.74) is 2.86. The van der Waals surface area contributed by atoms with E-state index in [4.69, 9.17) is 0 Å². The maximum Gasteiger partial charge on any atom is 0.337 e. The molecule has 5 nitrogen and oxygen atoms in total. The predicted molar refractivity (Wildman–Crippen MR) is 79.8 cm³/mol. The van der Waals surface area contributed by atoms with Gasteiger partial charge in [0.25, 0.3) is 0 Å². The molecule has 0 unspecified atom stereocenters. The van der Waals surface area contributed by atoms with Gasteiger partial charge in [-0.2, -0.15) is 0 Å². The van der Waals surface area contributed by atoms with E-state index in [1.165, 1.54) is 10.6 Å². The van der Waals surface area contributed by atoms with Gasteiger partial charge in [-0.15, -0.1) is 0 Å². The largest absolute Gasteiger partial charge is 0.478 e. The fourth-order valence-corrected chi connectivity index (χ4v) is 2.42. The lowest BCUT2D eigenvalue weighted by Gasteiger charge is -2.06. The highest BCUT2D eigenvalue weighted by Gasteiger charge is 2.15. The van der Waals surface area contributed by atoms with Crippen molar-refractivity contribution in [3.63, 3.8) is 0 Å². The monoisotopic (exact) mass is 282 g/mol. The maximum atomic E-state index is 12.1. The van der Waals surface area contributed by atoms with E-state index in [0.29, 0.717) is 17.6 Å². The molecule has 3 rings (SSSR count). The smallest absolute Gasteiger partial charge is 0.337 e. The topological polar surface area (TPSA) is 75.1 Å². The molecule has 0 spiro atoms. The molecule has 21 heavy (non-hydrogen) atoms. The van der Waals surface area contributed by atoms with Crippen LogP contribution in [0.15, 0.2) is 47.3 Å². The van der Waals surface area contributed by atoms with Gasteiger partial charge in [-0.1, -0.05) is 35.9 Å². The van der Waals surface area contributed by atoms with Crippen molar-refractivity contribution in [2.24, 2.45) is 0 Å². The van der Waals surface area contributed by atoms with Crippen LogP contribution >= 0.6 is 0 Å². The third-order valence-electron chi connectivity index (χ3n) is 3.48. The van der Waals surface area contributed by atoms with Crippen LogP contribution in [0.2, 0.25) is 0 Å². The Morgan fingerprint density at radius 1 is 1.19 bits per heavy atom. The lowest BCUT2D eigenvalue weighted by atomic mass is 10.1. The molecule has 0 saturated carbocycles. The van der Waals surface area contributed by atoms with Gasteiger partial charge >= 0.3 is 11.7 Å². The zero-order chi connectivity index (χ0) is 15.0. The number of H-pyrrole nitrogens is 1. The number of hydrogen-bond acceptors (Lipinski definition) is 2. The van der Waals surface area contributed by atoms with Gasteiger partial charge < -0.3 is 10.1 Å². The van der Waals surface area contributed by atoms with E-state index in [1.54, 1.807) is 12.1 Å². The van der Waals surface area contributed by atoms with Crippen LogP contribution < -0.4 is 5.69 Å². The molecule has 0 saturated heterocycles. The summed E-state index contributed by atoms with van der Waals surface area (Å²) in [5.74, 6) is -1.04. The number of carbonyl (C=O) groups is 1. The Balaban J connectivity index is 2.17. The number of carboxylic acid groups (broad SMARTS) is 1. The first-order valence-corrected chi connectivity index (χ1v) is 6.56. The molecular weight excluding hydrogens is 268 g/mol. The number of carboxylic acids is 1. The highest BCUT2D eigenvalue weighted by atomic mass is 16.4. The number of hydrogen-bond donors (Lipinski definition) is 2. The standard InChI is InChI=1S/C16H14N2O3/c1-10-5-7-11(8-6-10)9-18-14-12(15(19)20)3-2-4-13(14)17-16(18)21/h2-8H,9H2,1H3,(H,17,21)(H,19,20). The molecule has 0 amide bonds. The molecule has 2 N–H and O–H groups in total. The van der Waals surface area contributed by atoms with E-state index in [1.807, 2.05) is 31.2 Å². The number of aryl methyl sites for hydroxylation is 1. The SMILES string of the molecule is Cc1ccc(Cn2c(=O)[nH]c3cccc(C(=O)O)c32)cc1. The van der Waals surface area contributed by atoms with Crippen LogP contribution in [-0.2, 0) is 6.54 Å². The maximum absolute atomic E-state index is 12.1. The first kappa shape index (κ1) is 13.2. The van der Waals surface area contributed by atoms with Crippen LogP contribution in [0.3, 0.4) is 0 Å². The highest BCUT2D eigenvalue weighted by Crippen LogP contribution is 2.17. The third kappa shape index (κ3) is 2.33. The molecule has 0 fully saturated rings. The first-order valence-electron chi connectivity index (χ1n) is 6.56. The average Bonchev–Trinajstić information content (AvgIpc) is 2.77. The van der Waals surface area contributed by atoms with Crippen molar-refractivity contribution in [1.29, 1.82) is 0 Å². The van der Waals surface area contributed by atoms with Crippen LogP contribution in [0.5, 0.6) is 0 Å². The Hall–Kier alpha value is -2.82. The molecule has 0 aliphatic carbocycles. The molecule has 0 radical (unpaired) electrons. The van der Waals surface area contributed by atoms with Gasteiger partial charge in [-0.25, -0.2) is 9.59 Å². The van der Waals surface area contributed by atoms with Gasteiger partial charge in [0.1, 0.15) is 0 Å². The minimum absolute atomic E-state index is 0.123. The fraction of sp³-hybridized carbons (Fsp3) is 0.125. The Morgan fingerprint density at radius 2 is 1.90 bits per heavy atom. The molecule has 106 valence electrons. The number of para-hydroxylation sites is 1. The summed E-state index contributed by atoms with van der Waals surface area (Å²) in [6, 6.07) is 12.6. The van der Waals surface area contributed by atoms with Gasteiger partial charge in [-0.3, -0.25) is 4.57 Å². The van der Waals surface area contributed by atoms with E-state index in [-0.39, 0.29) is 11.3 Å². The molecule has 2 aromatic carbocycles. The lowest BCUT2D eigenvalue weighted by Crippen LogP contribution is -2.18. The van der Waals surface area contributed by atoms with Crippen molar-refractivity contribution in [3.05, 3.63) is 69.6 Å². The minimum atomic E-state index is -1.04. The molecule has 1 heterocycles. The van der Waals surface area contributed by atoms with Crippen LogP contribution in [0, 0.1) is 6.92 Å². The number of aromatic nitrogens is 2. The predicted octanol–water partition coefficient (Wildman–Crippen LogP) is 2.38. The molecule has 0 atom stereocenters. The van der Waals surface area contributed by atoms with E-state index >= 15 is 0 Å². The second-order valence-corrected chi connectivity index (χ2v) is 5.01. The summed E-state index contributed by atoms with van der Waals surface area (Å²) in [6.45, 7) is 2.33. The Morgan fingerprint density at radius 3 is 2.57 bits per heavy atom. The van der Waals surface area contributed by atoms with Crippen LogP contribution in [0.25, 0.3) is 11.0 Å². The molecule has 0 aliphatic heterocycles. The zero-order valence-corrected chi connectivity index (χ0v) is 11.5. The van der Waals surface area contributed by atoms with E-state index in [9.17, 15) is 14.7 Å². The van der Waals surface area contributed by atoms with Gasteiger partial charge in [0.05, 0.1) is 23.1 Å². The summed E-state index contributed by atoms with van der Waals surface area (Å²) in [6.07, 6.45) is 0. The first-order chi connectivity index (χ1) is 10.1. The van der Waals surface area contributed by atoms with Crippen LogP contribution in [0.4, 0.5) is 0 Å². The van der Waals surface area contributed by atoms with Gasteiger partial charge in [0.2, 0.25) is 0 Å². The third-order valence-corrected chi connectivity index (χ3v) is 3.48. The summed E-state index contributed by atoms with van der Waals surface area (Å²) in [7, 11) is 0. The molecule has 5 heteroatoms. The van der Waals surface area contributed by atoms with Crippen LogP contribution in [0.1, 0.15) is 21.5 Å². The molecule has 0 bridgehead atoms. The number of aromatic carboxylic acids is 1. The van der Waals surface area contributed by atoms with Gasteiger partial charge in [0.15, 0.2) is 0 Å². The molecule has 1 aromatic heterocycles.